The Labute approximate surface area is 206 Å². The summed E-state index contributed by atoms with van der Waals surface area (Å²) in [5, 5.41) is 27.1. The Balaban J connectivity index is 2.09. The molecule has 2 aromatic rings. The second-order valence-corrected chi connectivity index (χ2v) is 7.98. The molecule has 3 amide bonds. The number of rotatable bonds is 14. The van der Waals surface area contributed by atoms with Gasteiger partial charge in [-0.05, 0) is 24.5 Å². The van der Waals surface area contributed by atoms with Gasteiger partial charge < -0.3 is 48.3 Å². The molecule has 0 radical (unpaired) electrons. The zero-order valence-corrected chi connectivity index (χ0v) is 19.6. The molecule has 1 aromatic carbocycles. The number of guanidine groups is 1. The Kier molecular flexibility index (Phi) is 10.6. The van der Waals surface area contributed by atoms with Gasteiger partial charge in [-0.15, -0.1) is 0 Å². The SMILES string of the molecule is NCC(=O)NC(Cc1c[nH]c2ccccc12)C(=O)NC(CO)C(=O)NC(CCCN=C(N)N)C(=O)O. The average molecular weight is 505 g/mol. The van der Waals surface area contributed by atoms with E-state index in [0.29, 0.717) is 0 Å². The van der Waals surface area contributed by atoms with Crippen molar-refractivity contribution in [2.24, 2.45) is 22.2 Å². The molecule has 1 heterocycles. The van der Waals surface area contributed by atoms with Gasteiger partial charge >= 0.3 is 5.97 Å². The number of aromatic amines is 1. The summed E-state index contributed by atoms with van der Waals surface area (Å²) in [5.74, 6) is -3.69. The van der Waals surface area contributed by atoms with Gasteiger partial charge in [0, 0.05) is 30.1 Å². The number of carboxylic acids is 1. The maximum atomic E-state index is 13.0. The number of aliphatic imine (C=N–C) groups is 1. The third kappa shape index (κ3) is 8.25. The fourth-order valence-electron chi connectivity index (χ4n) is 3.48. The number of aliphatic hydroxyl groups excluding tert-OH is 1. The predicted molar refractivity (Wildman–Crippen MR) is 131 cm³/mol. The van der Waals surface area contributed by atoms with Crippen LogP contribution < -0.4 is 33.2 Å². The molecular formula is C22H32N8O6. The summed E-state index contributed by atoms with van der Waals surface area (Å²) in [4.78, 5) is 55.9. The van der Waals surface area contributed by atoms with E-state index in [1.54, 1.807) is 6.20 Å². The number of benzene rings is 1. The first-order valence-corrected chi connectivity index (χ1v) is 11.2. The van der Waals surface area contributed by atoms with Crippen molar-refractivity contribution in [3.63, 3.8) is 0 Å². The highest BCUT2D eigenvalue weighted by atomic mass is 16.4. The third-order valence-corrected chi connectivity index (χ3v) is 5.31. The van der Waals surface area contributed by atoms with E-state index in [9.17, 15) is 29.4 Å². The van der Waals surface area contributed by atoms with Crippen LogP contribution in [0.15, 0.2) is 35.5 Å². The van der Waals surface area contributed by atoms with Gasteiger partial charge in [0.05, 0.1) is 13.2 Å². The Hall–Kier alpha value is -4.17. The molecule has 12 N–H and O–H groups in total. The zero-order chi connectivity index (χ0) is 26.7. The number of para-hydroxylation sites is 1. The molecule has 0 saturated heterocycles. The maximum absolute atomic E-state index is 13.0. The molecule has 0 bridgehead atoms. The summed E-state index contributed by atoms with van der Waals surface area (Å²) in [6, 6.07) is 3.51. The molecule has 14 nitrogen and oxygen atoms in total. The summed E-state index contributed by atoms with van der Waals surface area (Å²) in [6.07, 6.45) is 2.06. The van der Waals surface area contributed by atoms with Crippen LogP contribution in [0.25, 0.3) is 10.9 Å². The van der Waals surface area contributed by atoms with Crippen molar-refractivity contribution in [1.29, 1.82) is 0 Å². The minimum Gasteiger partial charge on any atom is -0.480 e. The van der Waals surface area contributed by atoms with Gasteiger partial charge in [0.2, 0.25) is 17.7 Å². The Morgan fingerprint density at radius 2 is 1.67 bits per heavy atom. The number of hydrogen-bond acceptors (Lipinski definition) is 7. The van der Waals surface area contributed by atoms with E-state index >= 15 is 0 Å². The summed E-state index contributed by atoms with van der Waals surface area (Å²) < 4.78 is 0. The fraction of sp³-hybridized carbons (Fsp3) is 0.409. The van der Waals surface area contributed by atoms with Gasteiger partial charge in [-0.2, -0.15) is 0 Å². The number of H-pyrrole nitrogens is 1. The lowest BCUT2D eigenvalue weighted by Gasteiger charge is -2.23. The summed E-state index contributed by atoms with van der Waals surface area (Å²) >= 11 is 0. The van der Waals surface area contributed by atoms with E-state index in [-0.39, 0.29) is 38.3 Å². The van der Waals surface area contributed by atoms with E-state index in [2.05, 4.69) is 25.9 Å². The van der Waals surface area contributed by atoms with Gasteiger partial charge in [-0.1, -0.05) is 18.2 Å². The number of carbonyl (C=O) groups excluding carboxylic acids is 3. The lowest BCUT2D eigenvalue weighted by molar-refractivity contribution is -0.142. The number of hydrogen-bond donors (Lipinski definition) is 9. The van der Waals surface area contributed by atoms with Gasteiger partial charge in [0.15, 0.2) is 5.96 Å². The first kappa shape index (κ1) is 28.1. The van der Waals surface area contributed by atoms with Gasteiger partial charge in [0.1, 0.15) is 18.1 Å². The molecule has 3 atom stereocenters. The minimum atomic E-state index is -1.46. The van der Waals surface area contributed by atoms with E-state index in [1.165, 1.54) is 0 Å². The second-order valence-electron chi connectivity index (χ2n) is 7.98. The van der Waals surface area contributed by atoms with Gasteiger partial charge in [-0.25, -0.2) is 4.79 Å². The molecule has 0 saturated carbocycles. The maximum Gasteiger partial charge on any atom is 0.326 e. The van der Waals surface area contributed by atoms with Crippen molar-refractivity contribution in [3.05, 3.63) is 36.0 Å². The summed E-state index contributed by atoms with van der Waals surface area (Å²) in [6.45, 7) is -0.997. The highest BCUT2D eigenvalue weighted by Gasteiger charge is 2.29. The van der Waals surface area contributed by atoms with Crippen LogP contribution in [-0.4, -0.2) is 82.7 Å². The molecule has 0 aliphatic rings. The van der Waals surface area contributed by atoms with Crippen molar-refractivity contribution in [3.8, 4) is 0 Å². The second kappa shape index (κ2) is 13.7. The van der Waals surface area contributed by atoms with Crippen molar-refractivity contribution >= 4 is 40.6 Å². The smallest absolute Gasteiger partial charge is 0.326 e. The lowest BCUT2D eigenvalue weighted by atomic mass is 10.0. The fourth-order valence-corrected chi connectivity index (χ4v) is 3.48. The van der Waals surface area contributed by atoms with Crippen molar-refractivity contribution in [2.75, 3.05) is 19.7 Å². The Morgan fingerprint density at radius 1 is 1.00 bits per heavy atom. The zero-order valence-electron chi connectivity index (χ0n) is 19.6. The molecule has 196 valence electrons. The van der Waals surface area contributed by atoms with Crippen LogP contribution >= 0.6 is 0 Å². The van der Waals surface area contributed by atoms with E-state index < -0.39 is 48.4 Å². The number of fused-ring (bicyclic) bond motifs is 1. The molecule has 2 rings (SSSR count). The predicted octanol–water partition coefficient (Wildman–Crippen LogP) is -2.75. The first-order valence-electron chi connectivity index (χ1n) is 11.2. The van der Waals surface area contributed by atoms with Gasteiger partial charge in [0.25, 0.3) is 0 Å². The summed E-state index contributed by atoms with van der Waals surface area (Å²) in [7, 11) is 0. The van der Waals surface area contributed by atoms with Crippen molar-refractivity contribution in [1.82, 2.24) is 20.9 Å². The van der Waals surface area contributed by atoms with Crippen LogP contribution in [0.1, 0.15) is 18.4 Å². The monoisotopic (exact) mass is 504 g/mol. The van der Waals surface area contributed by atoms with E-state index in [4.69, 9.17) is 17.2 Å². The Bertz CT molecular complexity index is 1100. The molecule has 1 aromatic heterocycles. The minimum absolute atomic E-state index is 0.0136. The number of nitrogens with zero attached hydrogens (tertiary/aromatic N) is 1. The van der Waals surface area contributed by atoms with Crippen LogP contribution in [0, 0.1) is 0 Å². The molecular weight excluding hydrogens is 472 g/mol. The van der Waals surface area contributed by atoms with Crippen molar-refractivity contribution < 1.29 is 29.4 Å². The molecule has 0 aliphatic carbocycles. The number of aliphatic hydroxyl groups is 1. The third-order valence-electron chi connectivity index (χ3n) is 5.31. The molecule has 3 unspecified atom stereocenters. The number of carboxylic acid groups (broad SMARTS) is 1. The number of aromatic nitrogens is 1. The largest absolute Gasteiger partial charge is 0.480 e. The molecule has 0 fully saturated rings. The summed E-state index contributed by atoms with van der Waals surface area (Å²) in [5.41, 5.74) is 17.4. The number of amides is 3. The van der Waals surface area contributed by atoms with Crippen LogP contribution in [0.2, 0.25) is 0 Å². The van der Waals surface area contributed by atoms with Gasteiger partial charge in [-0.3, -0.25) is 19.4 Å². The normalized spacial score (nSPS) is 13.3. The number of nitrogens with two attached hydrogens (primary N) is 3. The quantitative estimate of drug-likeness (QED) is 0.0733. The van der Waals surface area contributed by atoms with Crippen LogP contribution in [0.4, 0.5) is 0 Å². The van der Waals surface area contributed by atoms with Crippen LogP contribution in [0.3, 0.4) is 0 Å². The number of nitrogens with one attached hydrogen (secondary N) is 4. The van der Waals surface area contributed by atoms with Crippen LogP contribution in [0.5, 0.6) is 0 Å². The van der Waals surface area contributed by atoms with E-state index in [1.807, 2.05) is 24.3 Å². The van der Waals surface area contributed by atoms with E-state index in [0.717, 1.165) is 16.5 Å². The number of aliphatic carboxylic acids is 1. The molecule has 36 heavy (non-hydrogen) atoms. The first-order chi connectivity index (χ1) is 17.2. The van der Waals surface area contributed by atoms with Crippen molar-refractivity contribution in [2.45, 2.75) is 37.4 Å². The number of carbonyl (C=O) groups is 4. The standard InChI is InChI=1S/C22H32N8O6/c23-9-18(32)28-16(8-12-10-27-14-5-2-1-4-13(12)14)19(33)30-17(11-31)20(34)29-15(21(35)36)6-3-7-26-22(24)25/h1-2,4-5,10,15-17,27,31H,3,6-9,11,23H2,(H,28,32)(H,29,34)(H,30,33)(H,35,36)(H4,24,25,26). The Morgan fingerprint density at radius 3 is 2.31 bits per heavy atom. The lowest BCUT2D eigenvalue weighted by Crippen LogP contribution is -2.57. The average Bonchev–Trinajstić information content (AvgIpc) is 3.25. The molecule has 0 aliphatic heterocycles. The topological polar surface area (TPSA) is 251 Å². The highest BCUT2D eigenvalue weighted by Crippen LogP contribution is 2.19. The molecule has 0 spiro atoms. The highest BCUT2D eigenvalue weighted by molar-refractivity contribution is 5.94. The van der Waals surface area contributed by atoms with Crippen LogP contribution in [-0.2, 0) is 25.6 Å². The molecule has 14 heteroatoms.